The lowest BCUT2D eigenvalue weighted by Crippen LogP contribution is -2.43. The molecule has 25 heavy (non-hydrogen) atoms. The summed E-state index contributed by atoms with van der Waals surface area (Å²) in [4.78, 5) is 26.0. The molecule has 2 N–H and O–H groups in total. The van der Waals surface area contributed by atoms with Crippen molar-refractivity contribution in [3.63, 3.8) is 0 Å². The first-order valence-corrected chi connectivity index (χ1v) is 8.55. The zero-order chi connectivity index (χ0) is 17.8. The zero-order valence-electron chi connectivity index (χ0n) is 14.0. The molecule has 0 aromatic heterocycles. The van der Waals surface area contributed by atoms with Crippen LogP contribution in [0.25, 0.3) is 0 Å². The summed E-state index contributed by atoms with van der Waals surface area (Å²) in [6.45, 7) is 2.82. The summed E-state index contributed by atoms with van der Waals surface area (Å²) >= 11 is 6.07. The molecule has 1 aliphatic heterocycles. The highest BCUT2D eigenvalue weighted by molar-refractivity contribution is 6.31. The van der Waals surface area contributed by atoms with Gasteiger partial charge in [-0.2, -0.15) is 0 Å². The van der Waals surface area contributed by atoms with E-state index in [1.807, 2.05) is 49.4 Å². The summed E-state index contributed by atoms with van der Waals surface area (Å²) in [7, 11) is 0. The number of aryl methyl sites for hydroxylation is 1. The third-order valence-electron chi connectivity index (χ3n) is 4.20. The predicted molar refractivity (Wildman–Crippen MR) is 98.8 cm³/mol. The number of carbonyl (C=O) groups excluding carboxylic acids is 2. The lowest BCUT2D eigenvalue weighted by atomic mass is 10.2. The van der Waals surface area contributed by atoms with Crippen LogP contribution in [0.2, 0.25) is 5.02 Å². The van der Waals surface area contributed by atoms with Gasteiger partial charge in [-0.25, -0.2) is 4.79 Å². The monoisotopic (exact) mass is 357 g/mol. The van der Waals surface area contributed by atoms with E-state index < -0.39 is 0 Å². The van der Waals surface area contributed by atoms with E-state index in [4.69, 9.17) is 11.6 Å². The van der Waals surface area contributed by atoms with E-state index in [0.29, 0.717) is 24.5 Å². The second-order valence-corrected chi connectivity index (χ2v) is 6.57. The summed E-state index contributed by atoms with van der Waals surface area (Å²) in [5.74, 6) is 0.0141. The second-order valence-electron chi connectivity index (χ2n) is 6.16. The molecule has 1 saturated heterocycles. The number of anilines is 1. The normalized spacial score (nSPS) is 16.8. The zero-order valence-corrected chi connectivity index (χ0v) is 14.7. The molecule has 0 bridgehead atoms. The van der Waals surface area contributed by atoms with E-state index in [9.17, 15) is 9.59 Å². The third-order valence-corrected chi connectivity index (χ3v) is 4.57. The summed E-state index contributed by atoms with van der Waals surface area (Å²) in [6, 6.07) is 14.6. The number of amides is 3. The van der Waals surface area contributed by atoms with Gasteiger partial charge in [0.25, 0.3) is 0 Å². The Morgan fingerprint density at radius 3 is 2.64 bits per heavy atom. The van der Waals surface area contributed by atoms with Crippen molar-refractivity contribution in [2.24, 2.45) is 0 Å². The number of carbonyl (C=O) groups is 2. The van der Waals surface area contributed by atoms with Crippen LogP contribution in [0.15, 0.2) is 48.5 Å². The molecule has 130 valence electrons. The van der Waals surface area contributed by atoms with Gasteiger partial charge in [-0.05, 0) is 30.7 Å². The summed E-state index contributed by atoms with van der Waals surface area (Å²) in [6.07, 6.45) is 0.299. The molecule has 2 aromatic carbocycles. The number of nitrogens with one attached hydrogen (secondary N) is 2. The quantitative estimate of drug-likeness (QED) is 0.882. The average molecular weight is 358 g/mol. The van der Waals surface area contributed by atoms with Crippen molar-refractivity contribution in [2.75, 3.05) is 11.4 Å². The van der Waals surface area contributed by atoms with Gasteiger partial charge in [0.1, 0.15) is 0 Å². The molecule has 3 amide bonds. The summed E-state index contributed by atoms with van der Waals surface area (Å²) < 4.78 is 0. The Labute approximate surface area is 152 Å². The Morgan fingerprint density at radius 1 is 1.20 bits per heavy atom. The molecule has 0 spiro atoms. The van der Waals surface area contributed by atoms with Gasteiger partial charge >= 0.3 is 6.03 Å². The molecule has 2 aromatic rings. The minimum Gasteiger partial charge on any atom is -0.334 e. The van der Waals surface area contributed by atoms with Gasteiger partial charge in [0, 0.05) is 30.2 Å². The minimum atomic E-state index is -0.302. The molecule has 1 aliphatic rings. The highest BCUT2D eigenvalue weighted by Gasteiger charge is 2.31. The summed E-state index contributed by atoms with van der Waals surface area (Å²) in [5.41, 5.74) is 2.85. The first-order valence-electron chi connectivity index (χ1n) is 8.18. The fourth-order valence-electron chi connectivity index (χ4n) is 2.83. The number of urea groups is 1. The molecule has 3 rings (SSSR count). The van der Waals surface area contributed by atoms with E-state index in [2.05, 4.69) is 10.6 Å². The van der Waals surface area contributed by atoms with Crippen molar-refractivity contribution in [1.82, 2.24) is 10.6 Å². The number of hydrogen-bond donors (Lipinski definition) is 2. The van der Waals surface area contributed by atoms with Crippen molar-refractivity contribution in [1.29, 1.82) is 0 Å². The van der Waals surface area contributed by atoms with Gasteiger partial charge in [-0.1, -0.05) is 47.5 Å². The fraction of sp³-hybridized carbons (Fsp3) is 0.263. The maximum atomic E-state index is 12.2. The molecule has 5 nitrogen and oxygen atoms in total. The van der Waals surface area contributed by atoms with Gasteiger partial charge in [0.15, 0.2) is 0 Å². The van der Waals surface area contributed by atoms with Crippen LogP contribution in [0.3, 0.4) is 0 Å². The Hall–Kier alpha value is -2.53. The molecule has 6 heteroatoms. The lowest BCUT2D eigenvalue weighted by molar-refractivity contribution is -0.117. The van der Waals surface area contributed by atoms with Gasteiger partial charge in [0.05, 0.1) is 6.04 Å². The molecule has 1 fully saturated rings. The highest BCUT2D eigenvalue weighted by atomic mass is 35.5. The van der Waals surface area contributed by atoms with Crippen molar-refractivity contribution in [2.45, 2.75) is 25.9 Å². The van der Waals surface area contributed by atoms with Crippen LogP contribution in [0.1, 0.15) is 17.5 Å². The van der Waals surface area contributed by atoms with E-state index in [1.54, 1.807) is 11.0 Å². The maximum absolute atomic E-state index is 12.2. The van der Waals surface area contributed by atoms with Crippen LogP contribution in [0, 0.1) is 6.92 Å². The first-order chi connectivity index (χ1) is 12.0. The Balaban J connectivity index is 1.53. The lowest BCUT2D eigenvalue weighted by Gasteiger charge is -2.17. The van der Waals surface area contributed by atoms with Gasteiger partial charge in [-0.3, -0.25) is 4.79 Å². The van der Waals surface area contributed by atoms with E-state index in [1.165, 1.54) is 0 Å². The Bertz CT molecular complexity index is 776. The SMILES string of the molecule is Cc1ccc(N2CC(NC(=O)NCc3ccccc3Cl)CC2=O)cc1. The van der Waals surface area contributed by atoms with Crippen molar-refractivity contribution in [3.05, 3.63) is 64.7 Å². The third kappa shape index (κ3) is 4.31. The van der Waals surface area contributed by atoms with Crippen LogP contribution in [0.5, 0.6) is 0 Å². The van der Waals surface area contributed by atoms with E-state index >= 15 is 0 Å². The maximum Gasteiger partial charge on any atom is 0.315 e. The molecule has 1 heterocycles. The fourth-order valence-corrected chi connectivity index (χ4v) is 3.03. The van der Waals surface area contributed by atoms with Crippen LogP contribution in [0.4, 0.5) is 10.5 Å². The molecule has 0 radical (unpaired) electrons. The van der Waals surface area contributed by atoms with Crippen LogP contribution in [-0.4, -0.2) is 24.5 Å². The van der Waals surface area contributed by atoms with Crippen molar-refractivity contribution in [3.8, 4) is 0 Å². The molecular formula is C19H20ClN3O2. The Morgan fingerprint density at radius 2 is 1.92 bits per heavy atom. The van der Waals surface area contributed by atoms with Gasteiger partial charge in [-0.15, -0.1) is 0 Å². The van der Waals surface area contributed by atoms with Gasteiger partial charge in [0.2, 0.25) is 5.91 Å². The molecular weight excluding hydrogens is 338 g/mol. The van der Waals surface area contributed by atoms with Gasteiger partial charge < -0.3 is 15.5 Å². The Kier molecular flexibility index (Phi) is 5.24. The van der Waals surface area contributed by atoms with Crippen LogP contribution >= 0.6 is 11.6 Å². The largest absolute Gasteiger partial charge is 0.334 e. The van der Waals surface area contributed by atoms with Crippen LogP contribution in [-0.2, 0) is 11.3 Å². The predicted octanol–water partition coefficient (Wildman–Crippen LogP) is 3.25. The van der Waals surface area contributed by atoms with Crippen molar-refractivity contribution < 1.29 is 9.59 Å². The number of rotatable bonds is 4. The van der Waals surface area contributed by atoms with Crippen molar-refractivity contribution >= 4 is 29.2 Å². The number of halogens is 1. The topological polar surface area (TPSA) is 61.4 Å². The molecule has 1 unspecified atom stereocenters. The number of nitrogens with zero attached hydrogens (tertiary/aromatic N) is 1. The summed E-state index contributed by atoms with van der Waals surface area (Å²) in [5, 5.41) is 6.25. The van der Waals surface area contributed by atoms with E-state index in [-0.39, 0.29) is 18.0 Å². The minimum absolute atomic E-state index is 0.0141. The molecule has 0 saturated carbocycles. The average Bonchev–Trinajstić information content (AvgIpc) is 2.95. The second kappa shape index (κ2) is 7.57. The first kappa shape index (κ1) is 17.3. The smallest absolute Gasteiger partial charge is 0.315 e. The number of hydrogen-bond acceptors (Lipinski definition) is 2. The molecule has 0 aliphatic carbocycles. The standard InChI is InChI=1S/C19H20ClN3O2/c1-13-6-8-16(9-7-13)23-12-15(10-18(23)24)22-19(25)21-11-14-4-2-3-5-17(14)20/h2-9,15H,10-12H2,1H3,(H2,21,22,25). The van der Waals surface area contributed by atoms with E-state index in [0.717, 1.165) is 16.8 Å². The molecule has 1 atom stereocenters. The number of benzene rings is 2. The highest BCUT2D eigenvalue weighted by Crippen LogP contribution is 2.22. The van der Waals surface area contributed by atoms with Crippen LogP contribution < -0.4 is 15.5 Å².